The lowest BCUT2D eigenvalue weighted by Crippen LogP contribution is -2.30. The number of nitrogens with zero attached hydrogens (tertiary/aromatic N) is 1. The van der Waals surface area contributed by atoms with Gasteiger partial charge >= 0.3 is 0 Å². The number of benzene rings is 1. The van der Waals surface area contributed by atoms with Gasteiger partial charge in [0.1, 0.15) is 18.9 Å². The number of aromatic nitrogens is 2. The highest BCUT2D eigenvalue weighted by Crippen LogP contribution is 2.01. The lowest BCUT2D eigenvalue weighted by Gasteiger charge is -1.97. The molecule has 3 heteroatoms. The van der Waals surface area contributed by atoms with Crippen LogP contribution in [-0.4, -0.2) is 10.5 Å². The molecule has 0 saturated heterocycles. The highest BCUT2D eigenvalue weighted by atomic mass is 16.0. The molecule has 0 aliphatic rings. The van der Waals surface area contributed by atoms with E-state index in [1.807, 2.05) is 18.7 Å². The van der Waals surface area contributed by atoms with Crippen molar-refractivity contribution in [1.82, 2.24) is 4.98 Å². The van der Waals surface area contributed by atoms with Gasteiger partial charge in [-0.25, -0.2) is 4.57 Å². The summed E-state index contributed by atoms with van der Waals surface area (Å²) in [5.41, 5.74) is 2.64. The van der Waals surface area contributed by atoms with Crippen molar-refractivity contribution in [2.24, 2.45) is 0 Å². The lowest BCUT2D eigenvalue weighted by molar-refractivity contribution is -0.687. The van der Waals surface area contributed by atoms with Crippen LogP contribution < -0.4 is 4.57 Å². The third-order valence-electron chi connectivity index (χ3n) is 2.09. The van der Waals surface area contributed by atoms with Crippen LogP contribution in [0.15, 0.2) is 43.0 Å². The minimum Gasteiger partial charge on any atom is -0.870 e. The smallest absolute Gasteiger partial charge is 0.241 e. The molecule has 0 saturated carbocycles. The molecule has 0 amide bonds. The second kappa shape index (κ2) is 4.58. The number of H-pyrrole nitrogens is 1. The minimum absolute atomic E-state index is 0. The second-order valence-corrected chi connectivity index (χ2v) is 3.27. The Kier molecular flexibility index (Phi) is 3.42. The summed E-state index contributed by atoms with van der Waals surface area (Å²) in [6.07, 6.45) is 5.91. The van der Waals surface area contributed by atoms with E-state index in [9.17, 15) is 0 Å². The van der Waals surface area contributed by atoms with Crippen LogP contribution >= 0.6 is 0 Å². The van der Waals surface area contributed by atoms with E-state index in [0.717, 1.165) is 6.54 Å². The van der Waals surface area contributed by atoms with Crippen LogP contribution in [0.1, 0.15) is 11.1 Å². The summed E-state index contributed by atoms with van der Waals surface area (Å²) < 4.78 is 2.12. The number of imidazole rings is 1. The van der Waals surface area contributed by atoms with E-state index in [0.29, 0.717) is 0 Å². The Morgan fingerprint density at radius 1 is 1.21 bits per heavy atom. The van der Waals surface area contributed by atoms with Crippen molar-refractivity contribution >= 4 is 0 Å². The Labute approximate surface area is 83.3 Å². The molecule has 3 nitrogen and oxygen atoms in total. The van der Waals surface area contributed by atoms with Gasteiger partial charge in [0.25, 0.3) is 0 Å². The summed E-state index contributed by atoms with van der Waals surface area (Å²) >= 11 is 0. The van der Waals surface area contributed by atoms with Crippen molar-refractivity contribution in [3.05, 3.63) is 54.1 Å². The van der Waals surface area contributed by atoms with Gasteiger partial charge < -0.3 is 5.48 Å². The maximum atomic E-state index is 3.02. The number of aryl methyl sites for hydroxylation is 1. The van der Waals surface area contributed by atoms with Gasteiger partial charge in [0.05, 0.1) is 0 Å². The number of hydrogen-bond donors (Lipinski definition) is 1. The van der Waals surface area contributed by atoms with Crippen molar-refractivity contribution in [2.75, 3.05) is 0 Å². The minimum atomic E-state index is 0. The van der Waals surface area contributed by atoms with E-state index in [1.165, 1.54) is 11.1 Å². The molecule has 1 aromatic carbocycles. The molecule has 0 atom stereocenters. The average molecular weight is 190 g/mol. The molecule has 1 aromatic heterocycles. The van der Waals surface area contributed by atoms with Crippen LogP contribution in [-0.2, 0) is 6.54 Å². The zero-order chi connectivity index (χ0) is 9.10. The van der Waals surface area contributed by atoms with E-state index in [1.54, 1.807) is 0 Å². The van der Waals surface area contributed by atoms with Gasteiger partial charge in [0.15, 0.2) is 0 Å². The first kappa shape index (κ1) is 10.5. The van der Waals surface area contributed by atoms with Crippen molar-refractivity contribution in [3.8, 4) is 0 Å². The molecule has 0 aliphatic carbocycles. The summed E-state index contributed by atoms with van der Waals surface area (Å²) in [5, 5.41) is 0. The molecule has 0 aliphatic heterocycles. The van der Waals surface area contributed by atoms with Crippen LogP contribution in [0.4, 0.5) is 0 Å². The monoisotopic (exact) mass is 190 g/mol. The Balaban J connectivity index is 0.000000980. The van der Waals surface area contributed by atoms with Crippen LogP contribution in [0.25, 0.3) is 0 Å². The molecule has 14 heavy (non-hydrogen) atoms. The van der Waals surface area contributed by atoms with Gasteiger partial charge in [-0.1, -0.05) is 29.8 Å². The van der Waals surface area contributed by atoms with Crippen molar-refractivity contribution in [2.45, 2.75) is 13.5 Å². The van der Waals surface area contributed by atoms with Gasteiger partial charge in [-0.15, -0.1) is 0 Å². The Hall–Kier alpha value is -1.61. The zero-order valence-electron chi connectivity index (χ0n) is 8.14. The van der Waals surface area contributed by atoms with Crippen LogP contribution in [0, 0.1) is 6.92 Å². The molecule has 0 fully saturated rings. The number of nitrogens with one attached hydrogen (secondary N) is 1. The van der Waals surface area contributed by atoms with E-state index < -0.39 is 0 Å². The number of rotatable bonds is 2. The highest BCUT2D eigenvalue weighted by Gasteiger charge is 1.98. The second-order valence-electron chi connectivity index (χ2n) is 3.27. The van der Waals surface area contributed by atoms with Crippen molar-refractivity contribution in [3.63, 3.8) is 0 Å². The molecular formula is C11H14N2O. The lowest BCUT2D eigenvalue weighted by atomic mass is 10.1. The molecule has 0 spiro atoms. The van der Waals surface area contributed by atoms with Gasteiger partial charge in [0.2, 0.25) is 6.33 Å². The Morgan fingerprint density at radius 2 is 1.93 bits per heavy atom. The first-order valence-corrected chi connectivity index (χ1v) is 4.42. The molecule has 0 radical (unpaired) electrons. The molecule has 1 heterocycles. The van der Waals surface area contributed by atoms with Gasteiger partial charge in [0, 0.05) is 0 Å². The van der Waals surface area contributed by atoms with Crippen molar-refractivity contribution < 1.29 is 10.0 Å². The topological polar surface area (TPSA) is 49.7 Å². The summed E-state index contributed by atoms with van der Waals surface area (Å²) in [7, 11) is 0. The maximum absolute atomic E-state index is 3.02. The van der Waals surface area contributed by atoms with Gasteiger partial charge in [-0.05, 0) is 12.5 Å². The predicted octanol–water partition coefficient (Wildman–Crippen LogP) is 1.48. The Morgan fingerprint density at radius 3 is 2.50 bits per heavy atom. The van der Waals surface area contributed by atoms with Crippen LogP contribution in [0.5, 0.6) is 0 Å². The summed E-state index contributed by atoms with van der Waals surface area (Å²) in [6.45, 7) is 3.04. The molecular weight excluding hydrogens is 176 g/mol. The average Bonchev–Trinajstić information content (AvgIpc) is 2.62. The van der Waals surface area contributed by atoms with E-state index in [-0.39, 0.29) is 5.48 Å². The van der Waals surface area contributed by atoms with E-state index >= 15 is 0 Å². The SMILES string of the molecule is Cc1ccc(C[n+]2cc[nH]c2)cc1.[OH-]. The molecule has 2 rings (SSSR count). The molecule has 2 aromatic rings. The largest absolute Gasteiger partial charge is 0.870 e. The molecule has 0 bridgehead atoms. The van der Waals surface area contributed by atoms with E-state index in [2.05, 4.69) is 40.7 Å². The first-order chi connectivity index (χ1) is 6.34. The normalized spacial score (nSPS) is 9.50. The molecule has 2 N–H and O–H groups in total. The number of aromatic amines is 1. The zero-order valence-corrected chi connectivity index (χ0v) is 8.14. The summed E-state index contributed by atoms with van der Waals surface area (Å²) in [4.78, 5) is 3.02. The highest BCUT2D eigenvalue weighted by molar-refractivity contribution is 5.20. The van der Waals surface area contributed by atoms with Gasteiger partial charge in [-0.2, -0.15) is 0 Å². The van der Waals surface area contributed by atoms with Crippen LogP contribution in [0.3, 0.4) is 0 Å². The number of hydrogen-bond acceptors (Lipinski definition) is 1. The molecule has 0 unspecified atom stereocenters. The fourth-order valence-corrected chi connectivity index (χ4v) is 1.32. The summed E-state index contributed by atoms with van der Waals surface area (Å²) in [5.74, 6) is 0. The summed E-state index contributed by atoms with van der Waals surface area (Å²) in [6, 6.07) is 8.61. The fourth-order valence-electron chi connectivity index (χ4n) is 1.32. The molecule has 74 valence electrons. The van der Waals surface area contributed by atoms with Crippen LogP contribution in [0.2, 0.25) is 0 Å². The van der Waals surface area contributed by atoms with E-state index in [4.69, 9.17) is 0 Å². The van der Waals surface area contributed by atoms with Gasteiger partial charge in [-0.3, -0.25) is 4.98 Å². The third-order valence-corrected chi connectivity index (χ3v) is 2.09. The first-order valence-electron chi connectivity index (χ1n) is 4.42. The third kappa shape index (κ3) is 2.44. The quantitative estimate of drug-likeness (QED) is 0.716. The maximum Gasteiger partial charge on any atom is 0.241 e. The standard InChI is InChI=1S/C11H12N2.H2O/c1-10-2-4-11(5-3-10)8-13-7-6-12-9-13;/h2-7,9H,8H2,1H3;1H2. The van der Waals surface area contributed by atoms with Crippen molar-refractivity contribution in [1.29, 1.82) is 0 Å². The Bertz CT molecular complexity index is 365. The predicted molar refractivity (Wildman–Crippen MR) is 53.2 cm³/mol. The fraction of sp³-hybridized carbons (Fsp3) is 0.182.